The molecule has 2 amide bonds. The standard InChI is InChI=1S/C11H11Cl2F3N2O2/c1-18(5-9(19)11(14,15)16)10(20)17-6-2-3-7(12)8(13)4-6/h2-4,9,19H,5H2,1H3,(H,17,20). The van der Waals surface area contributed by atoms with E-state index < -0.39 is 24.9 Å². The van der Waals surface area contributed by atoms with E-state index in [1.54, 1.807) is 0 Å². The summed E-state index contributed by atoms with van der Waals surface area (Å²) in [5.41, 5.74) is 0.276. The molecule has 0 spiro atoms. The molecule has 1 aromatic rings. The van der Waals surface area contributed by atoms with E-state index in [1.165, 1.54) is 18.2 Å². The van der Waals surface area contributed by atoms with Crippen molar-refractivity contribution in [3.63, 3.8) is 0 Å². The van der Waals surface area contributed by atoms with Crippen LogP contribution < -0.4 is 5.32 Å². The van der Waals surface area contributed by atoms with Crippen molar-refractivity contribution in [3.8, 4) is 0 Å². The predicted molar refractivity (Wildman–Crippen MR) is 70.2 cm³/mol. The zero-order valence-electron chi connectivity index (χ0n) is 10.2. The van der Waals surface area contributed by atoms with Gasteiger partial charge in [0.15, 0.2) is 6.10 Å². The fourth-order valence-electron chi connectivity index (χ4n) is 1.24. The van der Waals surface area contributed by atoms with Crippen LogP contribution >= 0.6 is 23.2 Å². The van der Waals surface area contributed by atoms with Crippen LogP contribution in [0.1, 0.15) is 0 Å². The van der Waals surface area contributed by atoms with Crippen LogP contribution in [0.5, 0.6) is 0 Å². The third kappa shape index (κ3) is 4.73. The van der Waals surface area contributed by atoms with Crippen LogP contribution in [0.2, 0.25) is 10.0 Å². The number of amides is 2. The van der Waals surface area contributed by atoms with Gasteiger partial charge in [-0.3, -0.25) is 0 Å². The summed E-state index contributed by atoms with van der Waals surface area (Å²) >= 11 is 11.4. The van der Waals surface area contributed by atoms with Gasteiger partial charge in [-0.25, -0.2) is 4.79 Å². The van der Waals surface area contributed by atoms with E-state index in [1.807, 2.05) is 0 Å². The highest BCUT2D eigenvalue weighted by atomic mass is 35.5. The van der Waals surface area contributed by atoms with Crippen molar-refractivity contribution < 1.29 is 23.1 Å². The molecule has 0 bridgehead atoms. The number of anilines is 1. The van der Waals surface area contributed by atoms with E-state index in [4.69, 9.17) is 28.3 Å². The maximum atomic E-state index is 12.2. The number of hydrogen-bond acceptors (Lipinski definition) is 2. The van der Waals surface area contributed by atoms with Crippen LogP contribution in [0.25, 0.3) is 0 Å². The molecule has 1 atom stereocenters. The fraction of sp³-hybridized carbons (Fsp3) is 0.364. The molecule has 0 aromatic heterocycles. The largest absolute Gasteiger partial charge is 0.416 e. The number of aliphatic hydroxyl groups excluding tert-OH is 1. The van der Waals surface area contributed by atoms with E-state index in [0.717, 1.165) is 7.05 Å². The predicted octanol–water partition coefficient (Wildman–Crippen LogP) is 3.38. The van der Waals surface area contributed by atoms with Gasteiger partial charge in [-0.15, -0.1) is 0 Å². The molecular formula is C11H11Cl2F3N2O2. The number of urea groups is 1. The molecule has 0 aliphatic carbocycles. The van der Waals surface area contributed by atoms with Crippen LogP contribution in [-0.2, 0) is 0 Å². The van der Waals surface area contributed by atoms with E-state index in [2.05, 4.69) is 5.32 Å². The average molecular weight is 331 g/mol. The summed E-state index contributed by atoms with van der Waals surface area (Å²) in [5.74, 6) is 0. The van der Waals surface area contributed by atoms with Gasteiger partial charge in [0.05, 0.1) is 16.6 Å². The van der Waals surface area contributed by atoms with Crippen LogP contribution in [0.15, 0.2) is 18.2 Å². The first kappa shape index (κ1) is 16.9. The summed E-state index contributed by atoms with van der Waals surface area (Å²) in [6, 6.07) is 3.42. The molecule has 0 saturated carbocycles. The monoisotopic (exact) mass is 330 g/mol. The molecule has 1 aromatic carbocycles. The number of carbonyl (C=O) groups excluding carboxylic acids is 1. The topological polar surface area (TPSA) is 52.6 Å². The Morgan fingerprint density at radius 2 is 2.00 bits per heavy atom. The molecule has 0 fully saturated rings. The number of rotatable bonds is 3. The molecule has 9 heteroatoms. The van der Waals surface area contributed by atoms with Gasteiger partial charge < -0.3 is 15.3 Å². The Balaban J connectivity index is 2.64. The lowest BCUT2D eigenvalue weighted by Gasteiger charge is -2.22. The minimum absolute atomic E-state index is 0.197. The van der Waals surface area contributed by atoms with Crippen molar-refractivity contribution in [2.24, 2.45) is 0 Å². The van der Waals surface area contributed by atoms with Crippen molar-refractivity contribution in [2.45, 2.75) is 12.3 Å². The molecule has 1 rings (SSSR count). The first-order valence-corrected chi connectivity index (χ1v) is 6.09. The Kier molecular flexibility index (Phi) is 5.50. The van der Waals surface area contributed by atoms with E-state index in [-0.39, 0.29) is 15.7 Å². The number of nitrogens with one attached hydrogen (secondary N) is 1. The average Bonchev–Trinajstić information content (AvgIpc) is 2.32. The van der Waals surface area contributed by atoms with Gasteiger partial charge in [0.25, 0.3) is 0 Å². The second-order valence-corrected chi connectivity index (χ2v) is 4.81. The second kappa shape index (κ2) is 6.51. The zero-order chi connectivity index (χ0) is 15.5. The quantitative estimate of drug-likeness (QED) is 0.892. The number of alkyl halides is 3. The summed E-state index contributed by atoms with van der Waals surface area (Å²) in [6.45, 7) is -0.878. The molecule has 20 heavy (non-hydrogen) atoms. The van der Waals surface area contributed by atoms with Crippen molar-refractivity contribution in [1.82, 2.24) is 4.90 Å². The Bertz CT molecular complexity index is 497. The number of halogens is 5. The molecule has 1 unspecified atom stereocenters. The molecule has 0 heterocycles. The van der Waals surface area contributed by atoms with E-state index in [9.17, 15) is 18.0 Å². The lowest BCUT2D eigenvalue weighted by atomic mass is 10.3. The zero-order valence-corrected chi connectivity index (χ0v) is 11.7. The van der Waals surface area contributed by atoms with Gasteiger partial charge in [-0.2, -0.15) is 13.2 Å². The Labute approximate surface area is 123 Å². The van der Waals surface area contributed by atoms with Crippen molar-refractivity contribution >= 4 is 34.9 Å². The van der Waals surface area contributed by atoms with Crippen molar-refractivity contribution in [1.29, 1.82) is 0 Å². The van der Waals surface area contributed by atoms with Crippen molar-refractivity contribution in [3.05, 3.63) is 28.2 Å². The highest BCUT2D eigenvalue weighted by Gasteiger charge is 2.39. The summed E-state index contributed by atoms with van der Waals surface area (Å²) in [5, 5.41) is 11.7. The van der Waals surface area contributed by atoms with Crippen LogP contribution in [0.4, 0.5) is 23.7 Å². The molecular weight excluding hydrogens is 320 g/mol. The third-order valence-corrected chi connectivity index (χ3v) is 3.08. The highest BCUT2D eigenvalue weighted by molar-refractivity contribution is 6.42. The van der Waals surface area contributed by atoms with Gasteiger partial charge >= 0.3 is 12.2 Å². The van der Waals surface area contributed by atoms with Crippen LogP contribution in [-0.4, -0.2) is 41.9 Å². The minimum Gasteiger partial charge on any atom is -0.382 e. The molecule has 2 N–H and O–H groups in total. The smallest absolute Gasteiger partial charge is 0.382 e. The maximum absolute atomic E-state index is 12.2. The SMILES string of the molecule is CN(CC(O)C(F)(F)F)C(=O)Nc1ccc(Cl)c(Cl)c1. The number of nitrogens with zero attached hydrogens (tertiary/aromatic N) is 1. The van der Waals surface area contributed by atoms with E-state index in [0.29, 0.717) is 4.90 Å². The third-order valence-electron chi connectivity index (χ3n) is 2.34. The van der Waals surface area contributed by atoms with Gasteiger partial charge in [0.1, 0.15) is 0 Å². The van der Waals surface area contributed by atoms with E-state index >= 15 is 0 Å². The lowest BCUT2D eigenvalue weighted by molar-refractivity contribution is -0.205. The lowest BCUT2D eigenvalue weighted by Crippen LogP contribution is -2.43. The van der Waals surface area contributed by atoms with Crippen molar-refractivity contribution in [2.75, 3.05) is 18.9 Å². The number of carbonyl (C=O) groups is 1. The Morgan fingerprint density at radius 3 is 2.50 bits per heavy atom. The summed E-state index contributed by atoms with van der Waals surface area (Å²) in [6.07, 6.45) is -7.38. The number of hydrogen-bond donors (Lipinski definition) is 2. The van der Waals surface area contributed by atoms with Gasteiger partial charge in [-0.05, 0) is 18.2 Å². The first-order valence-electron chi connectivity index (χ1n) is 5.33. The number of benzene rings is 1. The normalized spacial score (nSPS) is 12.9. The highest BCUT2D eigenvalue weighted by Crippen LogP contribution is 2.25. The molecule has 0 aliphatic heterocycles. The number of likely N-dealkylation sites (N-methyl/N-ethyl adjacent to an activating group) is 1. The van der Waals surface area contributed by atoms with Gasteiger partial charge in [-0.1, -0.05) is 23.2 Å². The molecule has 4 nitrogen and oxygen atoms in total. The van der Waals surface area contributed by atoms with Gasteiger partial charge in [0, 0.05) is 12.7 Å². The maximum Gasteiger partial charge on any atom is 0.416 e. The molecule has 0 radical (unpaired) electrons. The Hall–Kier alpha value is -1.18. The fourth-order valence-corrected chi connectivity index (χ4v) is 1.54. The molecule has 112 valence electrons. The summed E-state index contributed by atoms with van der Waals surface area (Å²) < 4.78 is 36.5. The number of aliphatic hydroxyl groups is 1. The van der Waals surface area contributed by atoms with Crippen LogP contribution in [0, 0.1) is 0 Å². The van der Waals surface area contributed by atoms with Gasteiger partial charge in [0.2, 0.25) is 0 Å². The molecule has 0 saturated heterocycles. The second-order valence-electron chi connectivity index (χ2n) is 4.00. The first-order chi connectivity index (χ1) is 9.11. The molecule has 0 aliphatic rings. The summed E-state index contributed by atoms with van der Waals surface area (Å²) in [4.78, 5) is 12.3. The summed E-state index contributed by atoms with van der Waals surface area (Å²) in [7, 11) is 1.13. The Morgan fingerprint density at radius 1 is 1.40 bits per heavy atom. The van der Waals surface area contributed by atoms with Crippen LogP contribution in [0.3, 0.4) is 0 Å². The minimum atomic E-state index is -4.78.